The molecule has 0 aliphatic carbocycles. The van der Waals surface area contributed by atoms with E-state index < -0.39 is 14.8 Å². The number of nitrogen functional groups attached to an aromatic ring is 1. The molecule has 1 fully saturated rings. The van der Waals surface area contributed by atoms with Crippen molar-refractivity contribution in [2.24, 2.45) is 0 Å². The van der Waals surface area contributed by atoms with Crippen LogP contribution in [0.3, 0.4) is 0 Å². The molecule has 0 aromatic heterocycles. The maximum absolute atomic E-state index is 12.4. The Kier molecular flexibility index (Phi) is 3.97. The summed E-state index contributed by atoms with van der Waals surface area (Å²) in [5.41, 5.74) is 7.69. The lowest BCUT2D eigenvalue weighted by molar-refractivity contribution is 0.372. The summed E-state index contributed by atoms with van der Waals surface area (Å²) in [6.45, 7) is 7.58. The number of nitrogens with two attached hydrogens (primary N) is 1. The maximum Gasteiger partial charge on any atom is 0.219 e. The maximum atomic E-state index is 12.4. The van der Waals surface area contributed by atoms with E-state index in [1.807, 2.05) is 24.3 Å². The van der Waals surface area contributed by atoms with E-state index >= 15 is 0 Å². The highest BCUT2D eigenvalue weighted by Crippen LogP contribution is 2.26. The van der Waals surface area contributed by atoms with E-state index in [1.54, 1.807) is 25.1 Å². The first-order valence-corrected chi connectivity index (χ1v) is 8.26. The Hall–Kier alpha value is -1.27. The van der Waals surface area contributed by atoms with Gasteiger partial charge in [-0.25, -0.2) is 8.42 Å². The van der Waals surface area contributed by atoms with Crippen LogP contribution in [0.1, 0.15) is 20.8 Å². The van der Waals surface area contributed by atoms with E-state index in [0.717, 1.165) is 11.4 Å². The van der Waals surface area contributed by atoms with Crippen molar-refractivity contribution in [1.82, 2.24) is 4.31 Å². The zero-order valence-electron chi connectivity index (χ0n) is 12.3. The Morgan fingerprint density at radius 1 is 1.05 bits per heavy atom. The number of nitrogens with zero attached hydrogens (tertiary/aromatic N) is 2. The van der Waals surface area contributed by atoms with Crippen molar-refractivity contribution in [2.45, 2.75) is 25.5 Å². The van der Waals surface area contributed by atoms with E-state index in [0.29, 0.717) is 26.2 Å². The van der Waals surface area contributed by atoms with Crippen LogP contribution < -0.4 is 10.6 Å². The van der Waals surface area contributed by atoms with Crippen LogP contribution >= 0.6 is 0 Å². The van der Waals surface area contributed by atoms with Crippen LogP contribution in [0.25, 0.3) is 0 Å². The van der Waals surface area contributed by atoms with E-state index in [1.165, 1.54) is 0 Å². The standard InChI is InChI=1S/C14H23N3O2S/c1-14(2,3)20(18,19)17-10-8-16(9-11-17)13-7-5-4-6-12(13)15/h4-7H,8-11,15H2,1-3H3. The van der Waals surface area contributed by atoms with Gasteiger partial charge in [0, 0.05) is 26.2 Å². The van der Waals surface area contributed by atoms with Gasteiger partial charge >= 0.3 is 0 Å². The summed E-state index contributed by atoms with van der Waals surface area (Å²) in [6.07, 6.45) is 0. The van der Waals surface area contributed by atoms with Gasteiger partial charge in [-0.1, -0.05) is 12.1 Å². The minimum Gasteiger partial charge on any atom is -0.397 e. The smallest absolute Gasteiger partial charge is 0.219 e. The highest BCUT2D eigenvalue weighted by atomic mass is 32.2. The van der Waals surface area contributed by atoms with Crippen LogP contribution in [0.5, 0.6) is 0 Å². The average molecular weight is 297 g/mol. The van der Waals surface area contributed by atoms with Gasteiger partial charge in [0.05, 0.1) is 16.1 Å². The zero-order valence-corrected chi connectivity index (χ0v) is 13.2. The molecule has 0 radical (unpaired) electrons. The number of piperazine rings is 1. The minimum atomic E-state index is -3.24. The molecular formula is C14H23N3O2S. The molecule has 2 N–H and O–H groups in total. The third-order valence-electron chi connectivity index (χ3n) is 3.63. The monoisotopic (exact) mass is 297 g/mol. The van der Waals surface area contributed by atoms with Gasteiger partial charge in [0.1, 0.15) is 0 Å². The van der Waals surface area contributed by atoms with Crippen molar-refractivity contribution in [3.05, 3.63) is 24.3 Å². The van der Waals surface area contributed by atoms with Crippen molar-refractivity contribution in [3.63, 3.8) is 0 Å². The number of hydrogen-bond acceptors (Lipinski definition) is 4. The SMILES string of the molecule is CC(C)(C)S(=O)(=O)N1CCN(c2ccccc2N)CC1. The summed E-state index contributed by atoms with van der Waals surface area (Å²) >= 11 is 0. The van der Waals surface area contributed by atoms with Gasteiger partial charge in [0.2, 0.25) is 10.0 Å². The number of hydrogen-bond donors (Lipinski definition) is 1. The van der Waals surface area contributed by atoms with Crippen LogP contribution in [0, 0.1) is 0 Å². The third-order valence-corrected chi connectivity index (χ3v) is 6.22. The average Bonchev–Trinajstić information content (AvgIpc) is 2.38. The summed E-state index contributed by atoms with van der Waals surface area (Å²) in [4.78, 5) is 2.14. The molecule has 0 saturated carbocycles. The van der Waals surface area contributed by atoms with Crippen molar-refractivity contribution in [1.29, 1.82) is 0 Å². The van der Waals surface area contributed by atoms with Crippen molar-refractivity contribution in [3.8, 4) is 0 Å². The Labute approximate surface area is 121 Å². The molecule has 1 heterocycles. The lowest BCUT2D eigenvalue weighted by Crippen LogP contribution is -2.53. The van der Waals surface area contributed by atoms with Crippen LogP contribution in [0.4, 0.5) is 11.4 Å². The fourth-order valence-electron chi connectivity index (χ4n) is 2.33. The molecule has 112 valence electrons. The molecule has 20 heavy (non-hydrogen) atoms. The molecule has 0 atom stereocenters. The molecule has 0 bridgehead atoms. The quantitative estimate of drug-likeness (QED) is 0.841. The van der Waals surface area contributed by atoms with Crippen LogP contribution in [-0.2, 0) is 10.0 Å². The molecule has 1 aromatic rings. The van der Waals surface area contributed by atoms with Crippen molar-refractivity contribution in [2.75, 3.05) is 36.8 Å². The summed E-state index contributed by atoms with van der Waals surface area (Å²) < 4.78 is 25.6. The molecule has 1 aromatic carbocycles. The number of para-hydroxylation sites is 2. The largest absolute Gasteiger partial charge is 0.397 e. The van der Waals surface area contributed by atoms with Gasteiger partial charge in [0.25, 0.3) is 0 Å². The van der Waals surface area contributed by atoms with Gasteiger partial charge < -0.3 is 10.6 Å². The Morgan fingerprint density at radius 2 is 1.60 bits per heavy atom. The Morgan fingerprint density at radius 3 is 2.10 bits per heavy atom. The number of benzene rings is 1. The normalized spacial score (nSPS) is 18.2. The van der Waals surface area contributed by atoms with Gasteiger partial charge in [-0.3, -0.25) is 0 Å². The molecule has 1 aliphatic heterocycles. The molecule has 5 nitrogen and oxygen atoms in total. The lowest BCUT2D eigenvalue weighted by atomic mass is 10.2. The molecule has 1 saturated heterocycles. The third kappa shape index (κ3) is 2.76. The number of rotatable bonds is 2. The molecular weight excluding hydrogens is 274 g/mol. The van der Waals surface area contributed by atoms with Gasteiger partial charge in [-0.2, -0.15) is 4.31 Å². The Bertz CT molecular complexity index is 570. The fourth-order valence-corrected chi connectivity index (χ4v) is 3.75. The minimum absolute atomic E-state index is 0.508. The molecule has 0 unspecified atom stereocenters. The van der Waals surface area contributed by atoms with Crippen LogP contribution in [0.2, 0.25) is 0 Å². The summed E-state index contributed by atoms with van der Waals surface area (Å²) in [7, 11) is -3.24. The first-order valence-electron chi connectivity index (χ1n) is 6.82. The van der Waals surface area contributed by atoms with Crippen molar-refractivity contribution < 1.29 is 8.42 Å². The predicted molar refractivity (Wildman–Crippen MR) is 83.3 cm³/mol. The van der Waals surface area contributed by atoms with Crippen LogP contribution in [-0.4, -0.2) is 43.6 Å². The van der Waals surface area contributed by atoms with E-state index in [9.17, 15) is 8.42 Å². The number of sulfonamides is 1. The second-order valence-electron chi connectivity index (χ2n) is 6.06. The number of anilines is 2. The van der Waals surface area contributed by atoms with Gasteiger partial charge in [-0.15, -0.1) is 0 Å². The molecule has 2 rings (SSSR count). The molecule has 0 spiro atoms. The van der Waals surface area contributed by atoms with Gasteiger partial charge in [-0.05, 0) is 32.9 Å². The van der Waals surface area contributed by atoms with Crippen LogP contribution in [0.15, 0.2) is 24.3 Å². The fraction of sp³-hybridized carbons (Fsp3) is 0.571. The van der Waals surface area contributed by atoms with E-state index in [2.05, 4.69) is 4.90 Å². The van der Waals surface area contributed by atoms with E-state index in [-0.39, 0.29) is 0 Å². The molecule has 1 aliphatic rings. The second kappa shape index (κ2) is 5.26. The summed E-state index contributed by atoms with van der Waals surface area (Å²) in [5, 5.41) is 0. The predicted octanol–water partition coefficient (Wildman–Crippen LogP) is 1.52. The lowest BCUT2D eigenvalue weighted by Gasteiger charge is -2.38. The van der Waals surface area contributed by atoms with E-state index in [4.69, 9.17) is 5.73 Å². The Balaban J connectivity index is 2.09. The summed E-state index contributed by atoms with van der Waals surface area (Å²) in [6, 6.07) is 7.69. The first-order chi connectivity index (χ1) is 9.23. The highest BCUT2D eigenvalue weighted by Gasteiger charge is 2.36. The zero-order chi connectivity index (χ0) is 15.0. The van der Waals surface area contributed by atoms with Gasteiger partial charge in [0.15, 0.2) is 0 Å². The highest BCUT2D eigenvalue weighted by molar-refractivity contribution is 7.90. The molecule has 0 amide bonds. The second-order valence-corrected chi connectivity index (χ2v) is 8.75. The summed E-state index contributed by atoms with van der Waals surface area (Å²) in [5.74, 6) is 0. The van der Waals surface area contributed by atoms with Crippen molar-refractivity contribution >= 4 is 21.4 Å². The first kappa shape index (κ1) is 15.1. The topological polar surface area (TPSA) is 66.6 Å². The molecule has 6 heteroatoms.